The molecule has 0 fully saturated rings. The molecule has 0 saturated heterocycles. The molecule has 26 heavy (non-hydrogen) atoms. The third-order valence-corrected chi connectivity index (χ3v) is 4.42. The molecule has 0 unspecified atom stereocenters. The molecule has 134 valence electrons. The van der Waals surface area contributed by atoms with Crippen LogP contribution in [0.25, 0.3) is 0 Å². The lowest BCUT2D eigenvalue weighted by Crippen LogP contribution is -2.04. The van der Waals surface area contributed by atoms with Gasteiger partial charge in [-0.3, -0.25) is 0 Å². The second kappa shape index (κ2) is 8.43. The maximum atomic E-state index is 13.0. The Morgan fingerprint density at radius 2 is 1.65 bits per heavy atom. The van der Waals surface area contributed by atoms with E-state index in [0.717, 1.165) is 16.8 Å². The van der Waals surface area contributed by atoms with Crippen molar-refractivity contribution in [1.82, 2.24) is 0 Å². The highest BCUT2D eigenvalue weighted by atomic mass is 35.5. The number of hydrogen-bond donors (Lipinski definition) is 1. The number of halogens is 3. The van der Waals surface area contributed by atoms with E-state index in [2.05, 4.69) is 5.32 Å². The van der Waals surface area contributed by atoms with Crippen molar-refractivity contribution < 1.29 is 9.13 Å². The molecule has 1 N–H and O–H groups in total. The second-order valence-electron chi connectivity index (χ2n) is 6.01. The summed E-state index contributed by atoms with van der Waals surface area (Å²) in [5.41, 5.74) is 3.90. The molecule has 0 aliphatic rings. The van der Waals surface area contributed by atoms with Gasteiger partial charge in [0.2, 0.25) is 0 Å². The Balaban J connectivity index is 1.75. The molecule has 0 spiro atoms. The highest BCUT2D eigenvalue weighted by molar-refractivity contribution is 6.35. The molecular weight excluding hydrogens is 372 g/mol. The van der Waals surface area contributed by atoms with Gasteiger partial charge >= 0.3 is 0 Å². The van der Waals surface area contributed by atoms with Gasteiger partial charge in [-0.2, -0.15) is 0 Å². The van der Waals surface area contributed by atoms with E-state index in [9.17, 15) is 4.39 Å². The molecule has 0 saturated carbocycles. The summed E-state index contributed by atoms with van der Waals surface area (Å²) in [5.74, 6) is 0.293. The van der Waals surface area contributed by atoms with Gasteiger partial charge in [0.05, 0.1) is 5.02 Å². The fourth-order valence-electron chi connectivity index (χ4n) is 2.51. The summed E-state index contributed by atoms with van der Waals surface area (Å²) in [5, 5.41) is 4.33. The summed E-state index contributed by atoms with van der Waals surface area (Å²) in [4.78, 5) is 0. The van der Waals surface area contributed by atoms with Crippen molar-refractivity contribution in [2.24, 2.45) is 0 Å². The van der Waals surface area contributed by atoms with Crippen LogP contribution in [0.2, 0.25) is 10.0 Å². The van der Waals surface area contributed by atoms with Crippen LogP contribution in [-0.4, -0.2) is 0 Å². The SMILES string of the molecule is Cc1ccc(NCc2cc(Cl)cc(Cl)c2OCc2ccc(F)cc2)cc1. The zero-order valence-electron chi connectivity index (χ0n) is 14.2. The predicted octanol–water partition coefficient (Wildman–Crippen LogP) is 6.63. The minimum Gasteiger partial charge on any atom is -0.487 e. The quantitative estimate of drug-likeness (QED) is 0.510. The zero-order valence-corrected chi connectivity index (χ0v) is 15.7. The van der Waals surface area contributed by atoms with Crippen molar-refractivity contribution in [2.45, 2.75) is 20.1 Å². The molecule has 0 atom stereocenters. The molecule has 3 rings (SSSR count). The van der Waals surface area contributed by atoms with E-state index in [0.29, 0.717) is 28.9 Å². The Bertz CT molecular complexity index is 880. The van der Waals surface area contributed by atoms with Crippen LogP contribution in [0.3, 0.4) is 0 Å². The molecule has 0 aromatic heterocycles. The fraction of sp³-hybridized carbons (Fsp3) is 0.143. The fourth-order valence-corrected chi connectivity index (χ4v) is 3.10. The third-order valence-electron chi connectivity index (χ3n) is 3.92. The van der Waals surface area contributed by atoms with E-state index in [4.69, 9.17) is 27.9 Å². The van der Waals surface area contributed by atoms with Crippen molar-refractivity contribution in [3.05, 3.63) is 93.2 Å². The van der Waals surface area contributed by atoms with Crippen LogP contribution in [0.4, 0.5) is 10.1 Å². The van der Waals surface area contributed by atoms with E-state index in [1.165, 1.54) is 17.7 Å². The Hall–Kier alpha value is -2.23. The maximum Gasteiger partial charge on any atom is 0.143 e. The summed E-state index contributed by atoms with van der Waals surface area (Å²) in [6.07, 6.45) is 0. The van der Waals surface area contributed by atoms with Crippen LogP contribution < -0.4 is 10.1 Å². The van der Waals surface area contributed by atoms with Gasteiger partial charge in [0.15, 0.2) is 0 Å². The van der Waals surface area contributed by atoms with Crippen molar-refractivity contribution in [1.29, 1.82) is 0 Å². The molecule has 5 heteroatoms. The number of anilines is 1. The molecule has 0 aliphatic heterocycles. The van der Waals surface area contributed by atoms with Crippen LogP contribution in [-0.2, 0) is 13.2 Å². The summed E-state index contributed by atoms with van der Waals surface area (Å²) < 4.78 is 18.9. The average molecular weight is 390 g/mol. The molecule has 0 heterocycles. The van der Waals surface area contributed by atoms with E-state index in [1.807, 2.05) is 37.3 Å². The van der Waals surface area contributed by atoms with Gasteiger partial charge in [-0.1, -0.05) is 53.0 Å². The van der Waals surface area contributed by atoms with Crippen molar-refractivity contribution in [3.8, 4) is 5.75 Å². The summed E-state index contributed by atoms with van der Waals surface area (Å²) in [6.45, 7) is 2.85. The van der Waals surface area contributed by atoms with E-state index in [-0.39, 0.29) is 5.82 Å². The normalized spacial score (nSPS) is 10.6. The van der Waals surface area contributed by atoms with Crippen molar-refractivity contribution in [2.75, 3.05) is 5.32 Å². The van der Waals surface area contributed by atoms with Gasteiger partial charge in [0, 0.05) is 22.8 Å². The van der Waals surface area contributed by atoms with Gasteiger partial charge in [-0.25, -0.2) is 4.39 Å². The predicted molar refractivity (Wildman–Crippen MR) is 106 cm³/mol. The summed E-state index contributed by atoms with van der Waals surface area (Å²) in [6, 6.07) is 17.8. The highest BCUT2D eigenvalue weighted by Gasteiger charge is 2.11. The van der Waals surface area contributed by atoms with Crippen LogP contribution in [0.5, 0.6) is 5.75 Å². The summed E-state index contributed by atoms with van der Waals surface area (Å²) in [7, 11) is 0. The van der Waals surface area contributed by atoms with Gasteiger partial charge in [0.1, 0.15) is 18.2 Å². The summed E-state index contributed by atoms with van der Waals surface area (Å²) >= 11 is 12.5. The number of hydrogen-bond acceptors (Lipinski definition) is 2. The van der Waals surface area contributed by atoms with Gasteiger partial charge in [-0.05, 0) is 48.9 Å². The van der Waals surface area contributed by atoms with E-state index >= 15 is 0 Å². The molecule has 2 nitrogen and oxygen atoms in total. The molecule has 0 amide bonds. The largest absolute Gasteiger partial charge is 0.487 e. The van der Waals surface area contributed by atoms with Crippen LogP contribution in [0.15, 0.2) is 60.7 Å². The molecular formula is C21H18Cl2FNO. The van der Waals surface area contributed by atoms with Crippen molar-refractivity contribution in [3.63, 3.8) is 0 Å². The van der Waals surface area contributed by atoms with Crippen LogP contribution in [0, 0.1) is 12.7 Å². The van der Waals surface area contributed by atoms with Crippen LogP contribution in [0.1, 0.15) is 16.7 Å². The average Bonchev–Trinajstić information content (AvgIpc) is 2.62. The first kappa shape index (κ1) is 18.6. The van der Waals surface area contributed by atoms with Gasteiger partial charge < -0.3 is 10.1 Å². The Labute approximate surface area is 162 Å². The molecule has 0 aliphatic carbocycles. The number of nitrogens with one attached hydrogen (secondary N) is 1. The first-order chi connectivity index (χ1) is 12.5. The number of aryl methyl sites for hydroxylation is 1. The number of rotatable bonds is 6. The maximum absolute atomic E-state index is 13.0. The Kier molecular flexibility index (Phi) is 6.02. The van der Waals surface area contributed by atoms with Gasteiger partial charge in [-0.15, -0.1) is 0 Å². The topological polar surface area (TPSA) is 21.3 Å². The smallest absolute Gasteiger partial charge is 0.143 e. The van der Waals surface area contributed by atoms with E-state index in [1.54, 1.807) is 18.2 Å². The standard InChI is InChI=1S/C21H18Cl2FNO/c1-14-2-8-19(9-3-14)25-12-16-10-17(22)11-20(23)21(16)26-13-15-4-6-18(24)7-5-15/h2-11,25H,12-13H2,1H3. The number of ether oxygens (including phenoxy) is 1. The molecule has 0 radical (unpaired) electrons. The lowest BCUT2D eigenvalue weighted by atomic mass is 10.1. The monoisotopic (exact) mass is 389 g/mol. The van der Waals surface area contributed by atoms with Crippen molar-refractivity contribution >= 4 is 28.9 Å². The first-order valence-electron chi connectivity index (χ1n) is 8.17. The van der Waals surface area contributed by atoms with Crippen LogP contribution >= 0.6 is 23.2 Å². The Morgan fingerprint density at radius 1 is 0.962 bits per heavy atom. The Morgan fingerprint density at radius 3 is 2.35 bits per heavy atom. The van der Waals surface area contributed by atoms with Gasteiger partial charge in [0.25, 0.3) is 0 Å². The zero-order chi connectivity index (χ0) is 18.5. The second-order valence-corrected chi connectivity index (χ2v) is 6.85. The number of benzene rings is 3. The minimum atomic E-state index is -0.277. The molecule has 3 aromatic carbocycles. The highest BCUT2D eigenvalue weighted by Crippen LogP contribution is 2.33. The van der Waals surface area contributed by atoms with E-state index < -0.39 is 0 Å². The first-order valence-corrected chi connectivity index (χ1v) is 8.92. The molecule has 3 aromatic rings. The lowest BCUT2D eigenvalue weighted by molar-refractivity contribution is 0.303. The lowest BCUT2D eigenvalue weighted by Gasteiger charge is -2.15. The third kappa shape index (κ3) is 4.90. The molecule has 0 bridgehead atoms. The minimum absolute atomic E-state index is 0.277.